The Labute approximate surface area is 75.8 Å². The minimum Gasteiger partial charge on any atom is -0.478 e. The number of rotatable bonds is 2. The first-order valence-corrected chi connectivity index (χ1v) is 4.96. The second-order valence-electron chi connectivity index (χ2n) is 2.93. The molecule has 1 aromatic heterocycles. The highest BCUT2D eigenvalue weighted by atomic mass is 32.1. The summed E-state index contributed by atoms with van der Waals surface area (Å²) in [6.45, 7) is 4.03. The van der Waals surface area contributed by atoms with E-state index in [2.05, 4.69) is 10.3 Å². The molecule has 1 fully saturated rings. The third kappa shape index (κ3) is 1.76. The average Bonchev–Trinajstić information content (AvgIpc) is 2.63. The number of aromatic nitrogens is 1. The fourth-order valence-electron chi connectivity index (χ4n) is 1.29. The third-order valence-corrected chi connectivity index (χ3v) is 2.70. The molecule has 1 aromatic rings. The number of hydrogen-bond acceptors (Lipinski definition) is 4. The van der Waals surface area contributed by atoms with E-state index in [1.165, 1.54) is 0 Å². The summed E-state index contributed by atoms with van der Waals surface area (Å²) in [6.07, 6.45) is 3.26. The van der Waals surface area contributed by atoms with Crippen LogP contribution in [-0.2, 0) is 0 Å². The smallest absolute Gasteiger partial charge is 0.194 e. The lowest BCUT2D eigenvalue weighted by Crippen LogP contribution is -2.18. The summed E-state index contributed by atoms with van der Waals surface area (Å²) >= 11 is 1.61. The Morgan fingerprint density at radius 1 is 1.75 bits per heavy atom. The highest BCUT2D eigenvalue weighted by Crippen LogP contribution is 2.22. The number of nitrogens with zero attached hydrogens (tertiary/aromatic N) is 1. The predicted molar refractivity (Wildman–Crippen MR) is 48.8 cm³/mol. The van der Waals surface area contributed by atoms with E-state index >= 15 is 0 Å². The Morgan fingerprint density at radius 3 is 3.25 bits per heavy atom. The number of aryl methyl sites for hydroxylation is 1. The normalized spacial score (nSPS) is 22.9. The Morgan fingerprint density at radius 2 is 2.67 bits per heavy atom. The van der Waals surface area contributed by atoms with Crippen LogP contribution in [-0.4, -0.2) is 24.2 Å². The van der Waals surface area contributed by atoms with Gasteiger partial charge in [-0.1, -0.05) is 11.3 Å². The van der Waals surface area contributed by atoms with Crippen molar-refractivity contribution < 1.29 is 4.74 Å². The number of hydrogen-bond donors (Lipinski definition) is 1. The summed E-state index contributed by atoms with van der Waals surface area (Å²) in [5, 5.41) is 5.27. The van der Waals surface area contributed by atoms with Crippen molar-refractivity contribution in [2.75, 3.05) is 13.1 Å². The van der Waals surface area contributed by atoms with Gasteiger partial charge in [-0.05, 0) is 19.9 Å². The van der Waals surface area contributed by atoms with Gasteiger partial charge in [0.25, 0.3) is 0 Å². The molecule has 3 nitrogen and oxygen atoms in total. The molecule has 2 heterocycles. The van der Waals surface area contributed by atoms with E-state index in [0.717, 1.165) is 29.6 Å². The van der Waals surface area contributed by atoms with E-state index < -0.39 is 0 Å². The molecular weight excluding hydrogens is 172 g/mol. The first-order valence-electron chi connectivity index (χ1n) is 4.14. The second kappa shape index (κ2) is 3.41. The fraction of sp³-hybridized carbons (Fsp3) is 0.625. The van der Waals surface area contributed by atoms with Crippen molar-refractivity contribution in [1.29, 1.82) is 0 Å². The molecule has 0 aliphatic carbocycles. The second-order valence-corrected chi connectivity index (χ2v) is 4.13. The zero-order valence-corrected chi connectivity index (χ0v) is 7.86. The zero-order chi connectivity index (χ0) is 8.39. The summed E-state index contributed by atoms with van der Waals surface area (Å²) in [7, 11) is 0. The molecule has 4 heteroatoms. The Kier molecular flexibility index (Phi) is 2.28. The third-order valence-electron chi connectivity index (χ3n) is 1.90. The van der Waals surface area contributed by atoms with Gasteiger partial charge in [0.05, 0.1) is 11.2 Å². The van der Waals surface area contributed by atoms with Crippen LogP contribution in [0.1, 0.15) is 11.4 Å². The van der Waals surface area contributed by atoms with Crippen LogP contribution in [0, 0.1) is 6.92 Å². The van der Waals surface area contributed by atoms with Gasteiger partial charge in [-0.3, -0.25) is 0 Å². The molecule has 1 aliphatic rings. The van der Waals surface area contributed by atoms with Crippen molar-refractivity contribution >= 4 is 11.3 Å². The van der Waals surface area contributed by atoms with Gasteiger partial charge in [-0.2, -0.15) is 0 Å². The molecule has 0 radical (unpaired) electrons. The summed E-state index contributed by atoms with van der Waals surface area (Å²) in [5.74, 6) is 0. The Bertz CT molecular complexity index is 255. The lowest BCUT2D eigenvalue weighted by atomic mass is 10.3. The van der Waals surface area contributed by atoms with Crippen LogP contribution in [0.25, 0.3) is 0 Å². The number of ether oxygens (including phenoxy) is 1. The standard InChI is InChI=1S/C8H12N2OS/c1-6-10-5-8(12-6)11-7-2-3-9-4-7/h5,7,9H,2-4H2,1H3. The van der Waals surface area contributed by atoms with Gasteiger partial charge in [-0.15, -0.1) is 0 Å². The Balaban J connectivity index is 1.94. The molecule has 2 rings (SSSR count). The van der Waals surface area contributed by atoms with Gasteiger partial charge in [0, 0.05) is 6.54 Å². The van der Waals surface area contributed by atoms with Crippen molar-refractivity contribution in [1.82, 2.24) is 10.3 Å². The SMILES string of the molecule is Cc1ncc(OC2CCNC2)s1. The van der Waals surface area contributed by atoms with Crippen molar-refractivity contribution in [2.24, 2.45) is 0 Å². The van der Waals surface area contributed by atoms with E-state index in [4.69, 9.17) is 4.74 Å². The van der Waals surface area contributed by atoms with E-state index in [9.17, 15) is 0 Å². The summed E-state index contributed by atoms with van der Waals surface area (Å²) in [4.78, 5) is 4.13. The van der Waals surface area contributed by atoms with Gasteiger partial charge >= 0.3 is 0 Å². The van der Waals surface area contributed by atoms with Crippen molar-refractivity contribution in [3.8, 4) is 5.06 Å². The topological polar surface area (TPSA) is 34.1 Å². The van der Waals surface area contributed by atoms with E-state index in [0.29, 0.717) is 6.10 Å². The maximum absolute atomic E-state index is 5.69. The molecule has 1 aliphatic heterocycles. The maximum Gasteiger partial charge on any atom is 0.194 e. The summed E-state index contributed by atoms with van der Waals surface area (Å²) in [6, 6.07) is 0. The van der Waals surface area contributed by atoms with Gasteiger partial charge < -0.3 is 10.1 Å². The highest BCUT2D eigenvalue weighted by Gasteiger charge is 2.16. The van der Waals surface area contributed by atoms with Crippen LogP contribution >= 0.6 is 11.3 Å². The summed E-state index contributed by atoms with van der Waals surface area (Å²) in [5.41, 5.74) is 0. The fourth-order valence-corrected chi connectivity index (χ4v) is 1.98. The lowest BCUT2D eigenvalue weighted by Gasteiger charge is -2.08. The molecule has 66 valence electrons. The molecule has 0 saturated carbocycles. The van der Waals surface area contributed by atoms with E-state index in [1.54, 1.807) is 17.5 Å². The van der Waals surface area contributed by atoms with Crippen LogP contribution < -0.4 is 10.1 Å². The molecule has 1 atom stereocenters. The first kappa shape index (κ1) is 8.01. The van der Waals surface area contributed by atoms with Gasteiger partial charge in [0.15, 0.2) is 5.06 Å². The summed E-state index contributed by atoms with van der Waals surface area (Å²) < 4.78 is 5.69. The molecule has 1 unspecified atom stereocenters. The van der Waals surface area contributed by atoms with Crippen LogP contribution in [0.3, 0.4) is 0 Å². The van der Waals surface area contributed by atoms with Gasteiger partial charge in [0.1, 0.15) is 6.10 Å². The van der Waals surface area contributed by atoms with Crippen molar-refractivity contribution in [3.63, 3.8) is 0 Å². The first-order chi connectivity index (χ1) is 5.84. The average molecular weight is 184 g/mol. The molecule has 0 bridgehead atoms. The zero-order valence-electron chi connectivity index (χ0n) is 7.04. The maximum atomic E-state index is 5.69. The van der Waals surface area contributed by atoms with Crippen molar-refractivity contribution in [3.05, 3.63) is 11.2 Å². The predicted octanol–water partition coefficient (Wildman–Crippen LogP) is 1.19. The molecule has 12 heavy (non-hydrogen) atoms. The molecule has 0 aromatic carbocycles. The molecule has 1 N–H and O–H groups in total. The van der Waals surface area contributed by atoms with Gasteiger partial charge in [-0.25, -0.2) is 4.98 Å². The minimum atomic E-state index is 0.352. The number of nitrogens with one attached hydrogen (secondary N) is 1. The van der Waals surface area contributed by atoms with Crippen LogP contribution in [0.2, 0.25) is 0 Å². The van der Waals surface area contributed by atoms with Crippen LogP contribution in [0.15, 0.2) is 6.20 Å². The minimum absolute atomic E-state index is 0.352. The molecule has 1 saturated heterocycles. The highest BCUT2D eigenvalue weighted by molar-refractivity contribution is 7.13. The van der Waals surface area contributed by atoms with Gasteiger partial charge in [0.2, 0.25) is 0 Å². The van der Waals surface area contributed by atoms with E-state index in [1.807, 2.05) is 6.92 Å². The van der Waals surface area contributed by atoms with Crippen LogP contribution in [0.5, 0.6) is 5.06 Å². The van der Waals surface area contributed by atoms with Crippen LogP contribution in [0.4, 0.5) is 0 Å². The monoisotopic (exact) mass is 184 g/mol. The number of thiazole rings is 1. The largest absolute Gasteiger partial charge is 0.478 e. The molecule has 0 spiro atoms. The molecule has 0 amide bonds. The Hall–Kier alpha value is -0.610. The molecular formula is C8H12N2OS. The van der Waals surface area contributed by atoms with E-state index in [-0.39, 0.29) is 0 Å². The quantitative estimate of drug-likeness (QED) is 0.749. The van der Waals surface area contributed by atoms with Crippen molar-refractivity contribution in [2.45, 2.75) is 19.4 Å². The lowest BCUT2D eigenvalue weighted by molar-refractivity contribution is 0.229.